The third-order valence-corrected chi connectivity index (χ3v) is 5.25. The van der Waals surface area contributed by atoms with Crippen molar-refractivity contribution in [1.29, 1.82) is 5.26 Å². The Morgan fingerprint density at radius 1 is 1.28 bits per heavy atom. The zero-order valence-corrected chi connectivity index (χ0v) is 18.0. The van der Waals surface area contributed by atoms with Gasteiger partial charge in [0.05, 0.1) is 11.6 Å². The van der Waals surface area contributed by atoms with E-state index in [1.807, 2.05) is 25.1 Å². The van der Waals surface area contributed by atoms with Gasteiger partial charge in [-0.2, -0.15) is 10.2 Å². The van der Waals surface area contributed by atoms with Crippen LogP contribution >= 0.6 is 0 Å². The molecule has 29 heavy (non-hydrogen) atoms. The van der Waals surface area contributed by atoms with E-state index in [9.17, 15) is 5.26 Å². The molecule has 2 N–H and O–H groups in total. The van der Waals surface area contributed by atoms with Crippen molar-refractivity contribution in [3.63, 3.8) is 0 Å². The summed E-state index contributed by atoms with van der Waals surface area (Å²) in [5.41, 5.74) is 3.54. The van der Waals surface area contributed by atoms with Crippen LogP contribution in [0, 0.1) is 18.3 Å². The van der Waals surface area contributed by atoms with Gasteiger partial charge in [0.25, 0.3) is 0 Å². The van der Waals surface area contributed by atoms with Crippen LogP contribution in [0.25, 0.3) is 0 Å². The quantitative estimate of drug-likeness (QED) is 0.697. The second-order valence-corrected chi connectivity index (χ2v) is 8.16. The molecule has 1 saturated heterocycles. The first-order chi connectivity index (χ1) is 14.0. The third-order valence-electron chi connectivity index (χ3n) is 5.25. The van der Waals surface area contributed by atoms with Crippen molar-refractivity contribution in [2.75, 3.05) is 23.3 Å². The zero-order valence-electron chi connectivity index (χ0n) is 18.0. The molecule has 1 aliphatic rings. The number of nitrogens with one attached hydrogen (secondary N) is 2. The Labute approximate surface area is 174 Å². The van der Waals surface area contributed by atoms with Crippen molar-refractivity contribution in [3.05, 3.63) is 41.1 Å². The maximum atomic E-state index is 9.30. The predicted octanol–water partition coefficient (Wildman–Crippen LogP) is 4.32. The molecular formula is C23H32N6. The van der Waals surface area contributed by atoms with Crippen molar-refractivity contribution in [2.24, 2.45) is 0 Å². The van der Waals surface area contributed by atoms with E-state index in [0.717, 1.165) is 61.5 Å². The van der Waals surface area contributed by atoms with Crippen LogP contribution in [-0.4, -0.2) is 35.1 Å². The summed E-state index contributed by atoms with van der Waals surface area (Å²) in [7, 11) is 0. The number of hydrogen-bond donors (Lipinski definition) is 2. The number of benzene rings is 1. The summed E-state index contributed by atoms with van der Waals surface area (Å²) in [6.45, 7) is 10.5. The van der Waals surface area contributed by atoms with Crippen LogP contribution in [0.5, 0.6) is 0 Å². The second-order valence-electron chi connectivity index (χ2n) is 8.16. The van der Waals surface area contributed by atoms with Crippen molar-refractivity contribution < 1.29 is 0 Å². The number of aryl methyl sites for hydroxylation is 2. The van der Waals surface area contributed by atoms with E-state index >= 15 is 0 Å². The van der Waals surface area contributed by atoms with Crippen molar-refractivity contribution in [3.8, 4) is 6.07 Å². The van der Waals surface area contributed by atoms with Crippen LogP contribution in [0.4, 0.5) is 17.5 Å². The molecule has 2 heterocycles. The molecule has 1 aromatic heterocycles. The predicted molar refractivity (Wildman–Crippen MR) is 119 cm³/mol. The zero-order chi connectivity index (χ0) is 20.8. The molecule has 0 bridgehead atoms. The molecule has 0 aliphatic carbocycles. The van der Waals surface area contributed by atoms with Crippen molar-refractivity contribution in [1.82, 2.24) is 15.3 Å². The highest BCUT2D eigenvalue weighted by Gasteiger charge is 2.24. The molecule has 2 aromatic rings. The van der Waals surface area contributed by atoms with E-state index in [1.54, 1.807) is 0 Å². The first-order valence-corrected chi connectivity index (χ1v) is 10.6. The summed E-state index contributed by atoms with van der Waals surface area (Å²) in [6.07, 6.45) is 4.31. The van der Waals surface area contributed by atoms with Gasteiger partial charge in [-0.3, -0.25) is 0 Å². The standard InChI is InChI=1S/C23H32N6/c1-5-6-7-19-13-22(29-11-10-21(15-29)25-16(2)3)28-23(26-19)27-20-9-8-17(4)18(12-20)14-24/h8-9,12-13,16,21,25H,5-7,10-11,15H2,1-4H3,(H,26,27,28). The maximum Gasteiger partial charge on any atom is 0.229 e. The van der Waals surface area contributed by atoms with Crippen LogP contribution in [0.15, 0.2) is 24.3 Å². The summed E-state index contributed by atoms with van der Waals surface area (Å²) < 4.78 is 0. The van der Waals surface area contributed by atoms with Gasteiger partial charge in [-0.15, -0.1) is 0 Å². The van der Waals surface area contributed by atoms with Crippen LogP contribution in [0.3, 0.4) is 0 Å². The Kier molecular flexibility index (Phi) is 7.05. The summed E-state index contributed by atoms with van der Waals surface area (Å²) in [6, 6.07) is 11.1. The number of hydrogen-bond acceptors (Lipinski definition) is 6. The first-order valence-electron chi connectivity index (χ1n) is 10.6. The Hall–Kier alpha value is -2.65. The number of nitrogens with zero attached hydrogens (tertiary/aromatic N) is 4. The minimum absolute atomic E-state index is 0.485. The van der Waals surface area contributed by atoms with Crippen molar-refractivity contribution >= 4 is 17.5 Å². The van der Waals surface area contributed by atoms with Crippen LogP contribution in [0.1, 0.15) is 56.9 Å². The molecule has 154 valence electrons. The molecule has 0 radical (unpaired) electrons. The largest absolute Gasteiger partial charge is 0.355 e. The lowest BCUT2D eigenvalue weighted by Crippen LogP contribution is -2.37. The molecule has 1 aromatic carbocycles. The van der Waals surface area contributed by atoms with Gasteiger partial charge in [0.1, 0.15) is 5.82 Å². The maximum absolute atomic E-state index is 9.30. The molecule has 0 amide bonds. The van der Waals surface area contributed by atoms with E-state index in [1.165, 1.54) is 0 Å². The molecule has 6 nitrogen and oxygen atoms in total. The Morgan fingerprint density at radius 2 is 2.10 bits per heavy atom. The van der Waals surface area contributed by atoms with E-state index in [0.29, 0.717) is 23.6 Å². The molecule has 1 unspecified atom stereocenters. The lowest BCUT2D eigenvalue weighted by atomic mass is 10.1. The van der Waals surface area contributed by atoms with E-state index in [-0.39, 0.29) is 0 Å². The number of unbranched alkanes of at least 4 members (excludes halogenated alkanes) is 1. The molecule has 0 saturated carbocycles. The van der Waals surface area contributed by atoms with Gasteiger partial charge in [-0.1, -0.05) is 33.3 Å². The minimum atomic E-state index is 0.485. The van der Waals surface area contributed by atoms with Gasteiger partial charge in [0, 0.05) is 42.6 Å². The summed E-state index contributed by atoms with van der Waals surface area (Å²) in [5.74, 6) is 1.58. The summed E-state index contributed by atoms with van der Waals surface area (Å²) >= 11 is 0. The molecule has 1 fully saturated rings. The molecule has 0 spiro atoms. The molecule has 1 aliphatic heterocycles. The topological polar surface area (TPSA) is 76.9 Å². The second kappa shape index (κ2) is 9.71. The van der Waals surface area contributed by atoms with Crippen molar-refractivity contribution in [2.45, 2.75) is 65.5 Å². The number of anilines is 3. The van der Waals surface area contributed by atoms with Gasteiger partial charge in [0.15, 0.2) is 0 Å². The third kappa shape index (κ3) is 5.68. The van der Waals surface area contributed by atoms with Crippen LogP contribution < -0.4 is 15.5 Å². The number of rotatable bonds is 8. The summed E-state index contributed by atoms with van der Waals surface area (Å²) in [5, 5.41) is 16.2. The highest BCUT2D eigenvalue weighted by molar-refractivity contribution is 5.59. The molecule has 1 atom stereocenters. The SMILES string of the molecule is CCCCc1cc(N2CCC(NC(C)C)C2)nc(Nc2ccc(C)c(C#N)c2)n1. The fourth-order valence-electron chi connectivity index (χ4n) is 3.71. The Morgan fingerprint density at radius 3 is 2.83 bits per heavy atom. The molecule has 6 heteroatoms. The van der Waals surface area contributed by atoms with Gasteiger partial charge < -0.3 is 15.5 Å². The fourth-order valence-corrected chi connectivity index (χ4v) is 3.71. The van der Waals surface area contributed by atoms with Crippen LogP contribution in [0.2, 0.25) is 0 Å². The van der Waals surface area contributed by atoms with Crippen LogP contribution in [-0.2, 0) is 6.42 Å². The normalized spacial score (nSPS) is 16.3. The highest BCUT2D eigenvalue weighted by atomic mass is 15.3. The lowest BCUT2D eigenvalue weighted by Gasteiger charge is -2.20. The number of aromatic nitrogens is 2. The molecular weight excluding hydrogens is 360 g/mol. The van der Waals surface area contributed by atoms with Gasteiger partial charge in [0.2, 0.25) is 5.95 Å². The average Bonchev–Trinajstić information content (AvgIpc) is 3.15. The van der Waals surface area contributed by atoms with E-state index in [4.69, 9.17) is 9.97 Å². The molecule has 3 rings (SSSR count). The Balaban J connectivity index is 1.83. The Bertz CT molecular complexity index is 870. The smallest absolute Gasteiger partial charge is 0.229 e. The van der Waals surface area contributed by atoms with E-state index in [2.05, 4.69) is 48.4 Å². The van der Waals surface area contributed by atoms with Gasteiger partial charge in [-0.25, -0.2) is 4.98 Å². The number of nitriles is 1. The van der Waals surface area contributed by atoms with Gasteiger partial charge in [-0.05, 0) is 43.9 Å². The van der Waals surface area contributed by atoms with Gasteiger partial charge >= 0.3 is 0 Å². The minimum Gasteiger partial charge on any atom is -0.355 e. The first kappa shape index (κ1) is 21.1. The average molecular weight is 393 g/mol. The van der Waals surface area contributed by atoms with E-state index < -0.39 is 0 Å². The fraction of sp³-hybridized carbons (Fsp3) is 0.522. The summed E-state index contributed by atoms with van der Waals surface area (Å²) in [4.78, 5) is 11.9. The monoisotopic (exact) mass is 392 g/mol. The lowest BCUT2D eigenvalue weighted by molar-refractivity contribution is 0.492. The highest BCUT2D eigenvalue weighted by Crippen LogP contribution is 2.24.